The van der Waals surface area contributed by atoms with E-state index in [1.54, 1.807) is 6.92 Å². The lowest BCUT2D eigenvalue weighted by Crippen LogP contribution is -2.45. The van der Waals surface area contributed by atoms with Crippen LogP contribution in [0.15, 0.2) is 0 Å². The van der Waals surface area contributed by atoms with Crippen LogP contribution in [-0.4, -0.2) is 42.6 Å². The lowest BCUT2D eigenvalue weighted by molar-refractivity contribution is -0.141. The Hall–Kier alpha value is -1.26. The molecule has 2 atom stereocenters. The first kappa shape index (κ1) is 11.2. The largest absolute Gasteiger partial charge is 0.465 e. The van der Waals surface area contributed by atoms with Crippen LogP contribution in [0.2, 0.25) is 0 Å². The second-order valence-corrected chi connectivity index (χ2v) is 4.45. The smallest absolute Gasteiger partial charge is 0.325 e. The predicted octanol–water partition coefficient (Wildman–Crippen LogP) is 0.743. The Bertz CT molecular complexity index is 293. The van der Waals surface area contributed by atoms with Gasteiger partial charge in [-0.15, -0.1) is 0 Å². The summed E-state index contributed by atoms with van der Waals surface area (Å²) in [4.78, 5) is 24.7. The molecule has 0 aromatic rings. The summed E-state index contributed by atoms with van der Waals surface area (Å²) in [7, 11) is 0. The number of hydrogen-bond donors (Lipinski definition) is 1. The molecule has 1 saturated heterocycles. The van der Waals surface area contributed by atoms with E-state index in [2.05, 4.69) is 5.32 Å². The molecule has 1 N–H and O–H groups in total. The van der Waals surface area contributed by atoms with E-state index in [4.69, 9.17) is 4.74 Å². The summed E-state index contributed by atoms with van der Waals surface area (Å²) >= 11 is 0. The Kier molecular flexibility index (Phi) is 3.31. The number of likely N-dealkylation sites (tertiary alicyclic amines) is 1. The number of hydrogen-bond acceptors (Lipinski definition) is 3. The van der Waals surface area contributed by atoms with Crippen molar-refractivity contribution in [3.8, 4) is 0 Å². The van der Waals surface area contributed by atoms with Crippen LogP contribution in [0.25, 0.3) is 0 Å². The second kappa shape index (κ2) is 4.72. The highest BCUT2D eigenvalue weighted by Gasteiger charge is 2.40. The molecule has 5 nitrogen and oxygen atoms in total. The van der Waals surface area contributed by atoms with E-state index >= 15 is 0 Å². The van der Waals surface area contributed by atoms with Gasteiger partial charge in [0.25, 0.3) is 0 Å². The number of esters is 1. The third kappa shape index (κ3) is 2.28. The minimum Gasteiger partial charge on any atom is -0.465 e. The van der Waals surface area contributed by atoms with E-state index < -0.39 is 0 Å². The van der Waals surface area contributed by atoms with Crippen molar-refractivity contribution in [2.75, 3.05) is 19.7 Å². The lowest BCUT2D eigenvalue weighted by Gasteiger charge is -2.26. The summed E-state index contributed by atoms with van der Waals surface area (Å²) in [6, 6.07) is 0.271. The minimum absolute atomic E-state index is 0.0272. The van der Waals surface area contributed by atoms with Crippen molar-refractivity contribution in [2.24, 2.45) is 5.92 Å². The van der Waals surface area contributed by atoms with Crippen molar-refractivity contribution < 1.29 is 14.3 Å². The Morgan fingerprint density at radius 2 is 2.25 bits per heavy atom. The molecule has 5 heteroatoms. The van der Waals surface area contributed by atoms with Gasteiger partial charge < -0.3 is 15.0 Å². The molecule has 1 heterocycles. The van der Waals surface area contributed by atoms with Crippen molar-refractivity contribution >= 4 is 12.0 Å². The molecule has 0 spiro atoms. The van der Waals surface area contributed by atoms with Gasteiger partial charge in [0.05, 0.1) is 6.61 Å². The van der Waals surface area contributed by atoms with Gasteiger partial charge in [-0.25, -0.2) is 4.79 Å². The van der Waals surface area contributed by atoms with Crippen LogP contribution in [0, 0.1) is 5.92 Å². The average Bonchev–Trinajstić information content (AvgIpc) is 2.88. The van der Waals surface area contributed by atoms with E-state index in [1.165, 1.54) is 6.42 Å². The molecular weight excluding hydrogens is 208 g/mol. The normalized spacial score (nSPS) is 26.9. The van der Waals surface area contributed by atoms with Gasteiger partial charge in [-0.05, 0) is 32.1 Å². The second-order valence-electron chi connectivity index (χ2n) is 4.45. The topological polar surface area (TPSA) is 58.6 Å². The zero-order valence-electron chi connectivity index (χ0n) is 9.57. The molecule has 2 bridgehead atoms. The number of carbonyl (C=O) groups is 2. The van der Waals surface area contributed by atoms with Crippen LogP contribution in [0.4, 0.5) is 4.79 Å². The van der Waals surface area contributed by atoms with E-state index in [0.717, 1.165) is 19.4 Å². The van der Waals surface area contributed by atoms with Crippen LogP contribution in [-0.2, 0) is 9.53 Å². The predicted molar refractivity (Wildman–Crippen MR) is 57.9 cm³/mol. The van der Waals surface area contributed by atoms with Crippen LogP contribution in [0.3, 0.4) is 0 Å². The van der Waals surface area contributed by atoms with Crippen molar-refractivity contribution in [3.05, 3.63) is 0 Å². The minimum atomic E-state index is -0.375. The quantitative estimate of drug-likeness (QED) is 0.722. The fourth-order valence-electron chi connectivity index (χ4n) is 2.63. The first-order chi connectivity index (χ1) is 7.70. The van der Waals surface area contributed by atoms with Gasteiger partial charge in [0.2, 0.25) is 0 Å². The monoisotopic (exact) mass is 226 g/mol. The van der Waals surface area contributed by atoms with E-state index in [-0.39, 0.29) is 18.5 Å². The summed E-state index contributed by atoms with van der Waals surface area (Å²) in [6.45, 7) is 2.92. The summed E-state index contributed by atoms with van der Waals surface area (Å²) in [6.07, 6.45) is 3.48. The van der Waals surface area contributed by atoms with Crippen LogP contribution in [0.1, 0.15) is 26.2 Å². The molecule has 2 rings (SSSR count). The van der Waals surface area contributed by atoms with Crippen LogP contribution >= 0.6 is 0 Å². The van der Waals surface area contributed by atoms with Crippen molar-refractivity contribution in [1.82, 2.24) is 10.2 Å². The number of carbonyl (C=O) groups excluding carboxylic acids is 2. The first-order valence-electron chi connectivity index (χ1n) is 5.90. The SMILES string of the molecule is CCOC(=O)CNC(=O)N1CC2CCC1C2. The molecule has 16 heavy (non-hydrogen) atoms. The Morgan fingerprint density at radius 1 is 1.44 bits per heavy atom. The van der Waals surface area contributed by atoms with E-state index in [1.807, 2.05) is 4.90 Å². The Balaban J connectivity index is 1.74. The van der Waals surface area contributed by atoms with Gasteiger partial charge in [0.1, 0.15) is 6.54 Å². The van der Waals surface area contributed by atoms with Gasteiger partial charge in [-0.1, -0.05) is 0 Å². The molecular formula is C11H18N2O3. The third-order valence-corrected chi connectivity index (χ3v) is 3.36. The average molecular weight is 226 g/mol. The van der Waals surface area contributed by atoms with Gasteiger partial charge in [-0.2, -0.15) is 0 Å². The van der Waals surface area contributed by atoms with Crippen LogP contribution < -0.4 is 5.32 Å². The number of amides is 2. The first-order valence-corrected chi connectivity index (χ1v) is 5.90. The fourth-order valence-corrected chi connectivity index (χ4v) is 2.63. The maximum absolute atomic E-state index is 11.8. The molecule has 90 valence electrons. The lowest BCUT2D eigenvalue weighted by atomic mass is 10.1. The zero-order chi connectivity index (χ0) is 11.5. The number of nitrogens with zero attached hydrogens (tertiary/aromatic N) is 1. The highest BCUT2D eigenvalue weighted by Crippen LogP contribution is 2.37. The highest BCUT2D eigenvalue weighted by atomic mass is 16.5. The molecule has 0 aromatic heterocycles. The molecule has 0 aromatic carbocycles. The van der Waals surface area contributed by atoms with Gasteiger partial charge >= 0.3 is 12.0 Å². The summed E-state index contributed by atoms with van der Waals surface area (Å²) in [5.74, 6) is 0.304. The summed E-state index contributed by atoms with van der Waals surface area (Å²) in [5, 5.41) is 2.61. The third-order valence-electron chi connectivity index (χ3n) is 3.36. The number of piperidine rings is 1. The maximum atomic E-state index is 11.8. The Morgan fingerprint density at radius 3 is 2.81 bits per heavy atom. The molecule has 0 radical (unpaired) electrons. The zero-order valence-corrected chi connectivity index (χ0v) is 9.57. The number of ether oxygens (including phenoxy) is 1. The molecule has 2 fully saturated rings. The van der Waals surface area contributed by atoms with Crippen molar-refractivity contribution in [3.63, 3.8) is 0 Å². The summed E-state index contributed by atoms with van der Waals surface area (Å²) in [5.41, 5.74) is 0. The molecule has 1 aliphatic carbocycles. The number of nitrogens with one attached hydrogen (secondary N) is 1. The molecule has 2 aliphatic rings. The van der Waals surface area contributed by atoms with Crippen LogP contribution in [0.5, 0.6) is 0 Å². The van der Waals surface area contributed by atoms with Gasteiger partial charge in [-0.3, -0.25) is 4.79 Å². The van der Waals surface area contributed by atoms with Crippen molar-refractivity contribution in [1.29, 1.82) is 0 Å². The summed E-state index contributed by atoms with van der Waals surface area (Å²) < 4.78 is 4.74. The number of rotatable bonds is 3. The van der Waals surface area contributed by atoms with Gasteiger partial charge in [0, 0.05) is 12.6 Å². The molecule has 1 saturated carbocycles. The fraction of sp³-hybridized carbons (Fsp3) is 0.818. The van der Waals surface area contributed by atoms with Crippen molar-refractivity contribution in [2.45, 2.75) is 32.2 Å². The molecule has 1 aliphatic heterocycles. The van der Waals surface area contributed by atoms with Gasteiger partial charge in [0.15, 0.2) is 0 Å². The number of fused-ring (bicyclic) bond motifs is 2. The van der Waals surface area contributed by atoms with E-state index in [9.17, 15) is 9.59 Å². The maximum Gasteiger partial charge on any atom is 0.325 e. The Labute approximate surface area is 95.1 Å². The highest BCUT2D eigenvalue weighted by molar-refractivity contribution is 5.81. The number of urea groups is 1. The van der Waals surface area contributed by atoms with E-state index in [0.29, 0.717) is 18.6 Å². The molecule has 2 amide bonds. The standard InChI is InChI=1S/C11H18N2O3/c1-2-16-10(14)6-12-11(15)13-7-8-3-4-9(13)5-8/h8-9H,2-7H2,1H3,(H,12,15). The molecule has 2 unspecified atom stereocenters.